The second-order valence-electron chi connectivity index (χ2n) is 4.29. The normalized spacial score (nSPS) is 12.9. The van der Waals surface area contributed by atoms with Crippen molar-refractivity contribution in [1.82, 2.24) is 0 Å². The fraction of sp³-hybridized carbons (Fsp3) is 0.462. The van der Waals surface area contributed by atoms with Crippen molar-refractivity contribution in [2.24, 2.45) is 11.8 Å². The van der Waals surface area contributed by atoms with Crippen LogP contribution in [0.15, 0.2) is 24.3 Å². The molecule has 0 aromatic heterocycles. The molecule has 0 bridgehead atoms. The predicted octanol–water partition coefficient (Wildman–Crippen LogP) is 3.74. The first kappa shape index (κ1) is 12.3. The van der Waals surface area contributed by atoms with Gasteiger partial charge in [-0.25, -0.2) is 0 Å². The van der Waals surface area contributed by atoms with E-state index in [0.29, 0.717) is 5.78 Å². The summed E-state index contributed by atoms with van der Waals surface area (Å²) >= 11 is 5.79. The maximum absolute atomic E-state index is 11.7. The molecule has 0 radical (unpaired) electrons. The molecule has 0 spiro atoms. The maximum atomic E-state index is 11.7. The average Bonchev–Trinajstić information content (AvgIpc) is 2.20. The van der Waals surface area contributed by atoms with Crippen LogP contribution in [-0.4, -0.2) is 5.78 Å². The van der Waals surface area contributed by atoms with Crippen molar-refractivity contribution in [2.75, 3.05) is 0 Å². The van der Waals surface area contributed by atoms with E-state index in [4.69, 9.17) is 11.6 Å². The molecule has 0 fully saturated rings. The zero-order valence-corrected chi connectivity index (χ0v) is 10.2. The summed E-state index contributed by atoms with van der Waals surface area (Å²) in [5, 5.41) is 0.738. The monoisotopic (exact) mass is 224 g/mol. The summed E-state index contributed by atoms with van der Waals surface area (Å²) in [6.07, 6.45) is 0.800. The van der Waals surface area contributed by atoms with Crippen LogP contribution >= 0.6 is 11.6 Å². The lowest BCUT2D eigenvalue weighted by Crippen LogP contribution is -2.18. The largest absolute Gasteiger partial charge is 0.299 e. The number of ketones is 1. The van der Waals surface area contributed by atoms with Crippen molar-refractivity contribution in [3.05, 3.63) is 34.9 Å². The Morgan fingerprint density at radius 2 is 1.73 bits per heavy atom. The van der Waals surface area contributed by atoms with Gasteiger partial charge in [0.25, 0.3) is 0 Å². The second kappa shape index (κ2) is 5.32. The van der Waals surface area contributed by atoms with Crippen LogP contribution in [0.2, 0.25) is 5.02 Å². The van der Waals surface area contributed by atoms with Gasteiger partial charge in [-0.05, 0) is 24.1 Å². The van der Waals surface area contributed by atoms with Gasteiger partial charge in [0, 0.05) is 16.9 Å². The Morgan fingerprint density at radius 3 is 2.20 bits per heavy atom. The number of carbonyl (C=O) groups excluding carboxylic acids is 1. The van der Waals surface area contributed by atoms with E-state index in [1.807, 2.05) is 45.0 Å². The van der Waals surface area contributed by atoms with E-state index in [1.54, 1.807) is 0 Å². The number of hydrogen-bond donors (Lipinski definition) is 0. The molecule has 0 unspecified atom stereocenters. The average molecular weight is 225 g/mol. The summed E-state index contributed by atoms with van der Waals surface area (Å²) in [5.41, 5.74) is 1.17. The molecule has 0 aliphatic carbocycles. The third-order valence-corrected chi connectivity index (χ3v) is 2.76. The Morgan fingerprint density at radius 1 is 1.20 bits per heavy atom. The molecule has 1 aromatic rings. The highest BCUT2D eigenvalue weighted by molar-refractivity contribution is 6.30. The maximum Gasteiger partial charge on any atom is 0.138 e. The van der Waals surface area contributed by atoms with Crippen LogP contribution in [-0.2, 0) is 11.2 Å². The smallest absolute Gasteiger partial charge is 0.138 e. The van der Waals surface area contributed by atoms with Gasteiger partial charge in [0.15, 0.2) is 0 Å². The summed E-state index contributed by atoms with van der Waals surface area (Å²) in [5.74, 6) is 0.531. The van der Waals surface area contributed by atoms with Gasteiger partial charge in [-0.1, -0.05) is 44.5 Å². The number of Topliss-reactive ketones (excluding diaryl/α,β-unsaturated/α-hetero) is 1. The molecule has 0 saturated heterocycles. The molecule has 82 valence electrons. The Kier molecular flexibility index (Phi) is 4.34. The van der Waals surface area contributed by atoms with Gasteiger partial charge < -0.3 is 0 Å². The summed E-state index contributed by atoms with van der Waals surface area (Å²) in [6.45, 7) is 5.87. The third kappa shape index (κ3) is 3.67. The Balaban J connectivity index is 2.62. The number of hydrogen-bond acceptors (Lipinski definition) is 1. The summed E-state index contributed by atoms with van der Waals surface area (Å²) in [6, 6.07) is 7.69. The van der Waals surface area contributed by atoms with Crippen LogP contribution in [0.4, 0.5) is 0 Å². The summed E-state index contributed by atoms with van der Waals surface area (Å²) in [7, 11) is 0. The van der Waals surface area contributed by atoms with E-state index in [9.17, 15) is 4.79 Å². The molecule has 0 saturated carbocycles. The third-order valence-electron chi connectivity index (χ3n) is 2.51. The molecule has 1 aromatic carbocycles. The minimum Gasteiger partial charge on any atom is -0.299 e. The highest BCUT2D eigenvalue weighted by atomic mass is 35.5. The molecule has 1 rings (SSSR count). The van der Waals surface area contributed by atoms with Crippen molar-refractivity contribution in [1.29, 1.82) is 0 Å². The molecule has 0 heterocycles. The van der Waals surface area contributed by atoms with Gasteiger partial charge in [0.1, 0.15) is 5.78 Å². The number of benzene rings is 1. The number of carbonyl (C=O) groups is 1. The van der Waals surface area contributed by atoms with E-state index in [0.717, 1.165) is 11.4 Å². The fourth-order valence-corrected chi connectivity index (χ4v) is 1.77. The first-order valence-electron chi connectivity index (χ1n) is 5.29. The highest BCUT2D eigenvalue weighted by Gasteiger charge is 2.16. The van der Waals surface area contributed by atoms with Crippen LogP contribution in [0.25, 0.3) is 0 Å². The van der Waals surface area contributed by atoms with Gasteiger partial charge >= 0.3 is 0 Å². The second-order valence-corrected chi connectivity index (χ2v) is 4.73. The van der Waals surface area contributed by atoms with Gasteiger partial charge in [0.05, 0.1) is 0 Å². The van der Waals surface area contributed by atoms with Gasteiger partial charge in [-0.3, -0.25) is 4.79 Å². The van der Waals surface area contributed by atoms with Crippen LogP contribution in [0, 0.1) is 11.8 Å². The minimum absolute atomic E-state index is 0.0891. The highest BCUT2D eigenvalue weighted by Crippen LogP contribution is 2.15. The molecule has 0 amide bonds. The first-order chi connectivity index (χ1) is 7.00. The standard InChI is InChI=1S/C13H17ClO/c1-9(2)13(15)10(3)8-11-4-6-12(14)7-5-11/h4-7,9-10H,8H2,1-3H3/t10-/m1/s1. The van der Waals surface area contributed by atoms with E-state index >= 15 is 0 Å². The van der Waals surface area contributed by atoms with Crippen LogP contribution < -0.4 is 0 Å². The lowest BCUT2D eigenvalue weighted by Gasteiger charge is -2.12. The van der Waals surface area contributed by atoms with Crippen molar-refractivity contribution in [2.45, 2.75) is 27.2 Å². The fourth-order valence-electron chi connectivity index (χ4n) is 1.64. The zero-order chi connectivity index (χ0) is 11.4. The van der Waals surface area contributed by atoms with Gasteiger partial charge in [-0.2, -0.15) is 0 Å². The SMILES string of the molecule is CC(C)C(=O)[C@H](C)Cc1ccc(Cl)cc1. The van der Waals surface area contributed by atoms with E-state index in [-0.39, 0.29) is 11.8 Å². The topological polar surface area (TPSA) is 17.1 Å². The summed E-state index contributed by atoms with van der Waals surface area (Å²) < 4.78 is 0. The van der Waals surface area contributed by atoms with E-state index < -0.39 is 0 Å². The predicted molar refractivity (Wildman–Crippen MR) is 64.2 cm³/mol. The van der Waals surface area contributed by atoms with Crippen LogP contribution in [0.3, 0.4) is 0 Å². The molecule has 2 heteroatoms. The van der Waals surface area contributed by atoms with Crippen molar-refractivity contribution >= 4 is 17.4 Å². The van der Waals surface area contributed by atoms with Crippen molar-refractivity contribution in [3.8, 4) is 0 Å². The molecule has 1 nitrogen and oxygen atoms in total. The van der Waals surface area contributed by atoms with Crippen LogP contribution in [0.1, 0.15) is 26.3 Å². The molecule has 0 N–H and O–H groups in total. The molecular weight excluding hydrogens is 208 g/mol. The minimum atomic E-state index is 0.0891. The first-order valence-corrected chi connectivity index (χ1v) is 5.66. The Hall–Kier alpha value is -0.820. The van der Waals surface area contributed by atoms with Crippen molar-refractivity contribution in [3.63, 3.8) is 0 Å². The molecule has 15 heavy (non-hydrogen) atoms. The van der Waals surface area contributed by atoms with Gasteiger partial charge in [-0.15, -0.1) is 0 Å². The Labute approximate surface area is 96.5 Å². The lowest BCUT2D eigenvalue weighted by molar-refractivity contribution is -0.125. The van der Waals surface area contributed by atoms with E-state index in [2.05, 4.69) is 0 Å². The van der Waals surface area contributed by atoms with Crippen LogP contribution in [0.5, 0.6) is 0 Å². The molecule has 1 atom stereocenters. The van der Waals surface area contributed by atoms with Crippen molar-refractivity contribution < 1.29 is 4.79 Å². The van der Waals surface area contributed by atoms with E-state index in [1.165, 1.54) is 5.56 Å². The van der Waals surface area contributed by atoms with Gasteiger partial charge in [0.2, 0.25) is 0 Å². The quantitative estimate of drug-likeness (QED) is 0.762. The Bertz CT molecular complexity index is 327. The molecular formula is C13H17ClO. The molecule has 0 aliphatic heterocycles. The summed E-state index contributed by atoms with van der Waals surface area (Å²) in [4.78, 5) is 11.7. The number of halogens is 1. The molecule has 0 aliphatic rings. The number of rotatable bonds is 4. The zero-order valence-electron chi connectivity index (χ0n) is 9.46. The lowest BCUT2D eigenvalue weighted by atomic mass is 9.91.